The zero-order valence-corrected chi connectivity index (χ0v) is 11.5. The summed E-state index contributed by atoms with van der Waals surface area (Å²) in [5, 5.41) is 10.8. The highest BCUT2D eigenvalue weighted by Crippen LogP contribution is 2.26. The van der Waals surface area contributed by atoms with Crippen LogP contribution in [0.25, 0.3) is 22.6 Å². The van der Waals surface area contributed by atoms with Crippen LogP contribution in [0.4, 0.5) is 5.69 Å². The van der Waals surface area contributed by atoms with Crippen LogP contribution in [0.3, 0.4) is 0 Å². The van der Waals surface area contributed by atoms with Gasteiger partial charge in [-0.05, 0) is 12.1 Å². The molecule has 0 N–H and O–H groups in total. The molecule has 3 aromatic rings. The van der Waals surface area contributed by atoms with Gasteiger partial charge in [0.1, 0.15) is 17.6 Å². The summed E-state index contributed by atoms with van der Waals surface area (Å²) in [4.78, 5) is 14.7. The third-order valence-electron chi connectivity index (χ3n) is 3.17. The number of nitro benzene ring substituents is 1. The van der Waals surface area contributed by atoms with Crippen molar-refractivity contribution in [1.82, 2.24) is 4.98 Å². The van der Waals surface area contributed by atoms with Gasteiger partial charge in [0.2, 0.25) is 5.89 Å². The van der Waals surface area contributed by atoms with Gasteiger partial charge < -0.3 is 4.42 Å². The number of nitrogens with zero attached hydrogens (tertiary/aromatic N) is 3. The fourth-order valence-corrected chi connectivity index (χ4v) is 2.20. The minimum atomic E-state index is -0.439. The van der Waals surface area contributed by atoms with E-state index in [4.69, 9.17) is 4.42 Å². The van der Waals surface area contributed by atoms with Crippen molar-refractivity contribution >= 4 is 16.8 Å². The van der Waals surface area contributed by atoms with Crippen molar-refractivity contribution in [3.63, 3.8) is 0 Å². The van der Waals surface area contributed by atoms with Gasteiger partial charge in [0.05, 0.1) is 4.92 Å². The van der Waals surface area contributed by atoms with Crippen LogP contribution in [0.15, 0.2) is 47.1 Å². The second kappa shape index (κ2) is 5.32. The molecular weight excluding hydrogens is 270 g/mol. The normalized spacial score (nSPS) is 10.9. The van der Waals surface area contributed by atoms with Crippen LogP contribution in [0.5, 0.6) is 0 Å². The maximum absolute atomic E-state index is 10.8. The molecule has 2 aromatic heterocycles. The van der Waals surface area contributed by atoms with Crippen LogP contribution >= 0.6 is 0 Å². The number of oxazole rings is 1. The van der Waals surface area contributed by atoms with Crippen LogP contribution in [0.1, 0.15) is 13.3 Å². The first kappa shape index (κ1) is 13.2. The molecular formula is C15H14N3O3+. The lowest BCUT2D eigenvalue weighted by molar-refractivity contribution is -0.696. The zero-order valence-electron chi connectivity index (χ0n) is 11.5. The van der Waals surface area contributed by atoms with Gasteiger partial charge in [-0.25, -0.2) is 9.55 Å². The number of fused-ring (bicyclic) bond motifs is 1. The number of pyridine rings is 1. The highest BCUT2D eigenvalue weighted by atomic mass is 16.6. The van der Waals surface area contributed by atoms with Gasteiger partial charge in [0.15, 0.2) is 18.0 Å². The number of rotatable bonds is 4. The second-order valence-corrected chi connectivity index (χ2v) is 4.76. The summed E-state index contributed by atoms with van der Waals surface area (Å²) in [6.07, 6.45) is 4.98. The third-order valence-corrected chi connectivity index (χ3v) is 3.17. The molecule has 0 aliphatic carbocycles. The SMILES string of the molecule is CCC[n+]1cccc(-c2nc3cc([N+](=O)[O-])ccc3o2)c1. The monoisotopic (exact) mass is 284 g/mol. The van der Waals surface area contributed by atoms with E-state index in [1.807, 2.05) is 24.5 Å². The first-order valence-corrected chi connectivity index (χ1v) is 6.72. The second-order valence-electron chi connectivity index (χ2n) is 4.76. The summed E-state index contributed by atoms with van der Waals surface area (Å²) in [6, 6.07) is 8.26. The van der Waals surface area contributed by atoms with Gasteiger partial charge in [-0.15, -0.1) is 0 Å². The first-order valence-electron chi connectivity index (χ1n) is 6.72. The molecule has 0 fully saturated rings. The summed E-state index contributed by atoms with van der Waals surface area (Å²) in [6.45, 7) is 3.03. The van der Waals surface area contributed by atoms with Gasteiger partial charge in [0, 0.05) is 24.6 Å². The lowest BCUT2D eigenvalue weighted by atomic mass is 10.3. The fourth-order valence-electron chi connectivity index (χ4n) is 2.20. The van der Waals surface area contributed by atoms with Crippen molar-refractivity contribution in [2.45, 2.75) is 19.9 Å². The number of hydrogen-bond donors (Lipinski definition) is 0. The van der Waals surface area contributed by atoms with Gasteiger partial charge >= 0.3 is 0 Å². The molecule has 106 valence electrons. The van der Waals surface area contributed by atoms with Gasteiger partial charge in [0.25, 0.3) is 5.69 Å². The first-order chi connectivity index (χ1) is 10.2. The Balaban J connectivity index is 2.04. The highest BCUT2D eigenvalue weighted by molar-refractivity contribution is 5.78. The van der Waals surface area contributed by atoms with Crippen LogP contribution in [-0.2, 0) is 6.54 Å². The van der Waals surface area contributed by atoms with Crippen molar-refractivity contribution in [2.24, 2.45) is 0 Å². The molecule has 0 atom stereocenters. The largest absolute Gasteiger partial charge is 0.436 e. The number of hydrogen-bond acceptors (Lipinski definition) is 4. The van der Waals surface area contributed by atoms with Gasteiger partial charge in [-0.1, -0.05) is 6.92 Å². The minimum Gasteiger partial charge on any atom is -0.436 e. The fraction of sp³-hybridized carbons (Fsp3) is 0.200. The van der Waals surface area contributed by atoms with Crippen LogP contribution in [-0.4, -0.2) is 9.91 Å². The smallest absolute Gasteiger partial charge is 0.271 e. The number of aromatic nitrogens is 2. The number of nitro groups is 1. The lowest BCUT2D eigenvalue weighted by Gasteiger charge is -1.95. The molecule has 6 nitrogen and oxygen atoms in total. The van der Waals surface area contributed by atoms with Gasteiger partial charge in [-0.2, -0.15) is 0 Å². The van der Waals surface area contributed by atoms with Gasteiger partial charge in [-0.3, -0.25) is 10.1 Å². The number of non-ortho nitro benzene ring substituents is 1. The molecule has 0 saturated carbocycles. The maximum Gasteiger partial charge on any atom is 0.271 e. The molecule has 0 unspecified atom stereocenters. The third kappa shape index (κ3) is 2.60. The van der Waals surface area contributed by atoms with E-state index in [0.29, 0.717) is 17.0 Å². The predicted molar refractivity (Wildman–Crippen MR) is 76.6 cm³/mol. The molecule has 1 aromatic carbocycles. The lowest BCUT2D eigenvalue weighted by Crippen LogP contribution is -2.32. The summed E-state index contributed by atoms with van der Waals surface area (Å²) in [7, 11) is 0. The summed E-state index contributed by atoms with van der Waals surface area (Å²) in [5.74, 6) is 0.468. The Bertz CT molecular complexity index is 811. The predicted octanol–water partition coefficient (Wildman–Crippen LogP) is 3.10. The average molecular weight is 284 g/mol. The van der Waals surface area contributed by atoms with E-state index in [0.717, 1.165) is 18.5 Å². The Morgan fingerprint density at radius 2 is 2.24 bits per heavy atom. The van der Waals surface area contributed by atoms with Crippen LogP contribution < -0.4 is 4.57 Å². The molecule has 0 spiro atoms. The molecule has 2 heterocycles. The summed E-state index contributed by atoms with van der Waals surface area (Å²) in [5.41, 5.74) is 1.90. The Labute approximate surface area is 120 Å². The molecule has 0 bridgehead atoms. The molecule has 0 amide bonds. The molecule has 3 rings (SSSR count). The Kier molecular flexibility index (Phi) is 3.35. The van der Waals surface area contributed by atoms with E-state index < -0.39 is 4.92 Å². The van der Waals surface area contributed by atoms with E-state index in [1.54, 1.807) is 6.07 Å². The maximum atomic E-state index is 10.8. The van der Waals surface area contributed by atoms with Crippen molar-refractivity contribution < 1.29 is 13.9 Å². The van der Waals surface area contributed by atoms with E-state index in [1.165, 1.54) is 12.1 Å². The summed E-state index contributed by atoms with van der Waals surface area (Å²) < 4.78 is 7.74. The average Bonchev–Trinajstić information content (AvgIpc) is 2.91. The van der Waals surface area contributed by atoms with Crippen LogP contribution in [0.2, 0.25) is 0 Å². The molecule has 0 aliphatic rings. The minimum absolute atomic E-state index is 0.0106. The molecule has 0 aliphatic heterocycles. The van der Waals surface area contributed by atoms with E-state index >= 15 is 0 Å². The molecule has 0 radical (unpaired) electrons. The molecule has 0 saturated heterocycles. The number of benzene rings is 1. The van der Waals surface area contributed by atoms with E-state index in [-0.39, 0.29) is 5.69 Å². The Morgan fingerprint density at radius 3 is 3.00 bits per heavy atom. The quantitative estimate of drug-likeness (QED) is 0.419. The van der Waals surface area contributed by atoms with E-state index in [9.17, 15) is 10.1 Å². The standard InChI is InChI=1S/C15H14N3O3/c1-2-7-17-8-3-4-11(10-17)15-16-13-9-12(18(19)20)5-6-14(13)21-15/h3-6,8-10H,2,7H2,1H3/q+1. The Morgan fingerprint density at radius 1 is 1.38 bits per heavy atom. The zero-order chi connectivity index (χ0) is 14.8. The van der Waals surface area contributed by atoms with Crippen molar-refractivity contribution in [1.29, 1.82) is 0 Å². The molecule has 21 heavy (non-hydrogen) atoms. The van der Waals surface area contributed by atoms with Crippen molar-refractivity contribution in [3.8, 4) is 11.5 Å². The number of aryl methyl sites for hydroxylation is 1. The van der Waals surface area contributed by atoms with Crippen LogP contribution in [0, 0.1) is 10.1 Å². The molecule has 6 heteroatoms. The van der Waals surface area contributed by atoms with Crippen molar-refractivity contribution in [3.05, 3.63) is 52.8 Å². The topological polar surface area (TPSA) is 73.0 Å². The summed E-state index contributed by atoms with van der Waals surface area (Å²) >= 11 is 0. The highest BCUT2D eigenvalue weighted by Gasteiger charge is 2.14. The van der Waals surface area contributed by atoms with Crippen molar-refractivity contribution in [2.75, 3.05) is 0 Å². The van der Waals surface area contributed by atoms with E-state index in [2.05, 4.69) is 16.5 Å². The Hall–Kier alpha value is -2.76.